The van der Waals surface area contributed by atoms with Gasteiger partial charge in [-0.1, -0.05) is 6.07 Å². The van der Waals surface area contributed by atoms with Gasteiger partial charge in [0.25, 0.3) is 0 Å². The molecule has 1 aliphatic carbocycles. The second-order valence-corrected chi connectivity index (χ2v) is 8.29. The summed E-state index contributed by atoms with van der Waals surface area (Å²) in [6.07, 6.45) is 1.00. The normalized spacial score (nSPS) is 19.8. The molecule has 2 aromatic rings. The summed E-state index contributed by atoms with van der Waals surface area (Å²) in [6.45, 7) is 0. The molecule has 1 N–H and O–H groups in total. The van der Waals surface area contributed by atoms with Crippen molar-refractivity contribution in [2.24, 2.45) is 0 Å². The van der Waals surface area contributed by atoms with Gasteiger partial charge >= 0.3 is 0 Å². The van der Waals surface area contributed by atoms with Crippen molar-refractivity contribution in [3.63, 3.8) is 0 Å². The maximum Gasteiger partial charge on any atom is 0.225 e. The minimum Gasteiger partial charge on any atom is -0.497 e. The Balaban J connectivity index is 1.74. The van der Waals surface area contributed by atoms with Crippen molar-refractivity contribution in [3.05, 3.63) is 52.7 Å². The standard InChI is InChI=1S/C26H29NO7/c1-30-16-6-7-17(21(12-16)31-2)18-13-24(29)27-19-8-14(9-20(28)25(18)19)15-10-22(32-3)26(34-5)23(11-15)33-4/h6-7,10-12,14,18H,8-9,13H2,1-5H3,(H,27,29). The quantitative estimate of drug-likeness (QED) is 0.663. The van der Waals surface area contributed by atoms with Crippen LogP contribution in [-0.2, 0) is 9.59 Å². The average Bonchev–Trinajstić information content (AvgIpc) is 2.86. The van der Waals surface area contributed by atoms with Gasteiger partial charge < -0.3 is 29.0 Å². The van der Waals surface area contributed by atoms with Gasteiger partial charge in [0.15, 0.2) is 17.3 Å². The highest BCUT2D eigenvalue weighted by Crippen LogP contribution is 2.47. The monoisotopic (exact) mass is 467 g/mol. The molecule has 0 saturated heterocycles. The molecule has 4 rings (SSSR count). The number of ether oxygens (including phenoxy) is 5. The number of rotatable bonds is 7. The fourth-order valence-corrected chi connectivity index (χ4v) is 4.90. The van der Waals surface area contributed by atoms with Crippen molar-refractivity contribution in [2.45, 2.75) is 31.1 Å². The highest BCUT2D eigenvalue weighted by Gasteiger charge is 2.39. The molecule has 0 saturated carbocycles. The number of hydrogen-bond donors (Lipinski definition) is 1. The number of benzene rings is 2. The highest BCUT2D eigenvalue weighted by molar-refractivity contribution is 6.02. The molecule has 8 heteroatoms. The Bertz CT molecular complexity index is 1130. The van der Waals surface area contributed by atoms with Crippen LogP contribution >= 0.6 is 0 Å². The van der Waals surface area contributed by atoms with Crippen LogP contribution in [0, 0.1) is 0 Å². The van der Waals surface area contributed by atoms with Crippen molar-refractivity contribution in [1.29, 1.82) is 0 Å². The van der Waals surface area contributed by atoms with Crippen LogP contribution in [0.3, 0.4) is 0 Å². The van der Waals surface area contributed by atoms with Crippen LogP contribution in [0.15, 0.2) is 41.6 Å². The Morgan fingerprint density at radius 2 is 1.44 bits per heavy atom. The number of hydrogen-bond acceptors (Lipinski definition) is 7. The molecule has 2 aromatic carbocycles. The lowest BCUT2D eigenvalue weighted by molar-refractivity contribution is -0.122. The Kier molecular flexibility index (Phi) is 6.68. The fraction of sp³-hybridized carbons (Fsp3) is 0.385. The number of carbonyl (C=O) groups excluding carboxylic acids is 2. The lowest BCUT2D eigenvalue weighted by Crippen LogP contribution is -2.38. The molecule has 1 heterocycles. The van der Waals surface area contributed by atoms with Gasteiger partial charge in [-0.3, -0.25) is 9.59 Å². The van der Waals surface area contributed by atoms with Gasteiger partial charge in [-0.05, 0) is 36.1 Å². The molecule has 0 radical (unpaired) electrons. The van der Waals surface area contributed by atoms with Crippen LogP contribution in [0.1, 0.15) is 42.2 Å². The number of Topliss-reactive ketones (excluding diaryl/α,β-unsaturated/α-hetero) is 1. The van der Waals surface area contributed by atoms with Crippen LogP contribution < -0.4 is 29.0 Å². The molecule has 34 heavy (non-hydrogen) atoms. The van der Waals surface area contributed by atoms with E-state index in [1.165, 1.54) is 0 Å². The van der Waals surface area contributed by atoms with Gasteiger partial charge in [-0.25, -0.2) is 0 Å². The first-order valence-corrected chi connectivity index (χ1v) is 11.0. The van der Waals surface area contributed by atoms with Crippen LogP contribution in [0.4, 0.5) is 0 Å². The third-order valence-electron chi connectivity index (χ3n) is 6.51. The number of amides is 1. The summed E-state index contributed by atoms with van der Waals surface area (Å²) >= 11 is 0. The summed E-state index contributed by atoms with van der Waals surface area (Å²) in [7, 11) is 7.81. The third-order valence-corrected chi connectivity index (χ3v) is 6.51. The SMILES string of the molecule is COc1ccc(C2CC(=O)NC3=C2C(=O)CC(c2cc(OC)c(OC)c(OC)c2)C3)c(OC)c1. The van der Waals surface area contributed by atoms with Gasteiger partial charge in [0, 0.05) is 41.7 Å². The van der Waals surface area contributed by atoms with E-state index in [0.29, 0.717) is 52.9 Å². The van der Waals surface area contributed by atoms with E-state index < -0.39 is 0 Å². The minimum absolute atomic E-state index is 0.00266. The molecule has 0 spiro atoms. The van der Waals surface area contributed by atoms with E-state index in [-0.39, 0.29) is 29.9 Å². The maximum atomic E-state index is 13.5. The van der Waals surface area contributed by atoms with Crippen LogP contribution in [0.25, 0.3) is 0 Å². The predicted octanol–water partition coefficient (Wildman–Crippen LogP) is 3.73. The number of allylic oxidation sites excluding steroid dienone is 2. The van der Waals surface area contributed by atoms with Crippen LogP contribution in [-0.4, -0.2) is 47.2 Å². The summed E-state index contributed by atoms with van der Waals surface area (Å²) in [6, 6.07) is 9.17. The summed E-state index contributed by atoms with van der Waals surface area (Å²) < 4.78 is 27.3. The van der Waals surface area contributed by atoms with Gasteiger partial charge in [0.1, 0.15) is 11.5 Å². The molecule has 1 amide bonds. The molecule has 2 aliphatic rings. The smallest absolute Gasteiger partial charge is 0.225 e. The molecular weight excluding hydrogens is 438 g/mol. The van der Waals surface area contributed by atoms with E-state index in [2.05, 4.69) is 5.32 Å². The number of carbonyl (C=O) groups is 2. The molecule has 0 aromatic heterocycles. The van der Waals surface area contributed by atoms with Gasteiger partial charge in [-0.15, -0.1) is 0 Å². The van der Waals surface area contributed by atoms with E-state index in [0.717, 1.165) is 11.1 Å². The number of nitrogens with one attached hydrogen (secondary N) is 1. The van der Waals surface area contributed by atoms with E-state index in [1.807, 2.05) is 24.3 Å². The van der Waals surface area contributed by atoms with Crippen LogP contribution in [0.5, 0.6) is 28.7 Å². The van der Waals surface area contributed by atoms with Gasteiger partial charge in [0.05, 0.1) is 35.5 Å². The van der Waals surface area contributed by atoms with Crippen molar-refractivity contribution >= 4 is 11.7 Å². The first kappa shape index (κ1) is 23.5. The van der Waals surface area contributed by atoms with Crippen molar-refractivity contribution in [3.8, 4) is 28.7 Å². The van der Waals surface area contributed by atoms with E-state index >= 15 is 0 Å². The van der Waals surface area contributed by atoms with Crippen LogP contribution in [0.2, 0.25) is 0 Å². The lowest BCUT2D eigenvalue weighted by atomic mass is 9.73. The summed E-state index contributed by atoms with van der Waals surface area (Å²) in [5.74, 6) is 2.14. The maximum absolute atomic E-state index is 13.5. The Morgan fingerprint density at radius 1 is 0.765 bits per heavy atom. The molecule has 180 valence electrons. The Labute approximate surface area is 198 Å². The molecule has 1 aliphatic heterocycles. The zero-order chi connectivity index (χ0) is 24.4. The molecule has 2 atom stereocenters. The fourth-order valence-electron chi connectivity index (χ4n) is 4.90. The summed E-state index contributed by atoms with van der Waals surface area (Å²) in [5.41, 5.74) is 2.99. The van der Waals surface area contributed by atoms with Crippen molar-refractivity contribution in [2.75, 3.05) is 35.5 Å². The summed E-state index contributed by atoms with van der Waals surface area (Å²) in [5, 5.41) is 2.96. The zero-order valence-electron chi connectivity index (χ0n) is 20.0. The largest absolute Gasteiger partial charge is 0.497 e. The van der Waals surface area contributed by atoms with Gasteiger partial charge in [0.2, 0.25) is 11.7 Å². The second kappa shape index (κ2) is 9.67. The molecule has 2 unspecified atom stereocenters. The molecule has 0 bridgehead atoms. The van der Waals surface area contributed by atoms with E-state index in [4.69, 9.17) is 23.7 Å². The first-order valence-electron chi connectivity index (χ1n) is 11.0. The minimum atomic E-state index is -0.377. The number of ketones is 1. The van der Waals surface area contributed by atoms with Gasteiger partial charge in [-0.2, -0.15) is 0 Å². The first-order chi connectivity index (χ1) is 16.4. The number of methoxy groups -OCH3 is 5. The lowest BCUT2D eigenvalue weighted by Gasteiger charge is -2.35. The average molecular weight is 468 g/mol. The van der Waals surface area contributed by atoms with Crippen molar-refractivity contribution < 1.29 is 33.3 Å². The molecule has 0 fully saturated rings. The second-order valence-electron chi connectivity index (χ2n) is 8.29. The topological polar surface area (TPSA) is 92.3 Å². The highest BCUT2D eigenvalue weighted by atomic mass is 16.5. The zero-order valence-corrected chi connectivity index (χ0v) is 20.0. The Morgan fingerprint density at radius 3 is 2.03 bits per heavy atom. The predicted molar refractivity (Wildman–Crippen MR) is 125 cm³/mol. The Hall–Kier alpha value is -3.68. The molecule has 8 nitrogen and oxygen atoms in total. The van der Waals surface area contributed by atoms with E-state index in [1.54, 1.807) is 41.6 Å². The van der Waals surface area contributed by atoms with E-state index in [9.17, 15) is 9.59 Å². The summed E-state index contributed by atoms with van der Waals surface area (Å²) in [4.78, 5) is 26.2. The third kappa shape index (κ3) is 4.16. The van der Waals surface area contributed by atoms with Crippen molar-refractivity contribution in [1.82, 2.24) is 5.32 Å². The molecular formula is C26H29NO7.